The molecule has 1 N–H and O–H groups in total. The van der Waals surface area contributed by atoms with E-state index in [2.05, 4.69) is 10.2 Å². The first-order valence-electron chi connectivity index (χ1n) is 9.74. The predicted molar refractivity (Wildman–Crippen MR) is 112 cm³/mol. The lowest BCUT2D eigenvalue weighted by Gasteiger charge is -2.35. The Balaban J connectivity index is 1.75. The van der Waals surface area contributed by atoms with Gasteiger partial charge in [0.2, 0.25) is 15.9 Å². The first-order chi connectivity index (χ1) is 13.1. The quantitative estimate of drug-likeness (QED) is 0.663. The van der Waals surface area contributed by atoms with Gasteiger partial charge in [-0.05, 0) is 36.1 Å². The number of anilines is 1. The van der Waals surface area contributed by atoms with E-state index in [4.69, 9.17) is 4.74 Å². The van der Waals surface area contributed by atoms with Crippen LogP contribution in [0.1, 0.15) is 33.6 Å². The molecule has 28 heavy (non-hydrogen) atoms. The van der Waals surface area contributed by atoms with Crippen LogP contribution in [0.4, 0.5) is 5.69 Å². The maximum Gasteiger partial charge on any atom is 0.220 e. The van der Waals surface area contributed by atoms with Gasteiger partial charge in [-0.15, -0.1) is 0 Å². The third-order valence-electron chi connectivity index (χ3n) is 4.66. The van der Waals surface area contributed by atoms with Crippen molar-refractivity contribution in [1.82, 2.24) is 9.62 Å². The Bertz CT molecular complexity index is 734. The summed E-state index contributed by atoms with van der Waals surface area (Å²) in [5, 5.41) is 2.81. The van der Waals surface area contributed by atoms with Crippen LogP contribution in [-0.4, -0.2) is 64.2 Å². The molecule has 1 aliphatic rings. The van der Waals surface area contributed by atoms with Gasteiger partial charge in [0.15, 0.2) is 0 Å². The number of nitrogens with zero attached hydrogens (tertiary/aromatic N) is 2. The Morgan fingerprint density at radius 3 is 2.25 bits per heavy atom. The monoisotopic (exact) mass is 411 g/mol. The summed E-state index contributed by atoms with van der Waals surface area (Å²) in [4.78, 5) is 14.0. The lowest BCUT2D eigenvalue weighted by atomic mass is 9.92. The summed E-state index contributed by atoms with van der Waals surface area (Å²) in [5.41, 5.74) is 0.999. The van der Waals surface area contributed by atoms with Gasteiger partial charge in [0.25, 0.3) is 0 Å². The molecule has 0 spiro atoms. The number of sulfonamides is 1. The standard InChI is InChI=1S/C20H33N3O4S/c1-20(2,3)16-19(24)21-10-5-15-28(25,26)23-13-11-22(12-14-23)17-6-8-18(27-4)9-7-17/h6-9H,5,10-16H2,1-4H3,(H,21,24). The van der Waals surface area contributed by atoms with Gasteiger partial charge < -0.3 is 15.0 Å². The summed E-state index contributed by atoms with van der Waals surface area (Å²) in [6.07, 6.45) is 0.865. The maximum absolute atomic E-state index is 12.6. The molecule has 1 fully saturated rings. The molecule has 1 amide bonds. The van der Waals surface area contributed by atoms with E-state index in [9.17, 15) is 13.2 Å². The molecule has 0 aromatic heterocycles. The van der Waals surface area contributed by atoms with Crippen LogP contribution >= 0.6 is 0 Å². The average Bonchev–Trinajstić information content (AvgIpc) is 2.64. The molecule has 0 radical (unpaired) electrons. The number of ether oxygens (including phenoxy) is 1. The van der Waals surface area contributed by atoms with Crippen LogP contribution in [0, 0.1) is 5.41 Å². The fraction of sp³-hybridized carbons (Fsp3) is 0.650. The van der Waals surface area contributed by atoms with E-state index < -0.39 is 10.0 Å². The van der Waals surface area contributed by atoms with Gasteiger partial charge >= 0.3 is 0 Å². The van der Waals surface area contributed by atoms with Crippen LogP contribution in [0.15, 0.2) is 24.3 Å². The Hall–Kier alpha value is -1.80. The number of benzene rings is 1. The van der Waals surface area contributed by atoms with Crippen molar-refractivity contribution in [2.24, 2.45) is 5.41 Å². The molecule has 0 unspecified atom stereocenters. The van der Waals surface area contributed by atoms with Crippen molar-refractivity contribution >= 4 is 21.6 Å². The fourth-order valence-electron chi connectivity index (χ4n) is 3.17. The van der Waals surface area contributed by atoms with Crippen LogP contribution in [0.3, 0.4) is 0 Å². The minimum atomic E-state index is -3.30. The molecule has 1 heterocycles. The molecule has 0 saturated carbocycles. The molecule has 1 aromatic carbocycles. The first kappa shape index (κ1) is 22.5. The lowest BCUT2D eigenvalue weighted by molar-refractivity contribution is -0.122. The third-order valence-corrected chi connectivity index (χ3v) is 6.62. The lowest BCUT2D eigenvalue weighted by Crippen LogP contribution is -2.49. The van der Waals surface area contributed by atoms with Gasteiger partial charge in [-0.3, -0.25) is 4.79 Å². The van der Waals surface area contributed by atoms with Crippen LogP contribution in [0.25, 0.3) is 0 Å². The zero-order valence-electron chi connectivity index (χ0n) is 17.4. The molecule has 0 atom stereocenters. The molecule has 7 nitrogen and oxygen atoms in total. The fourth-order valence-corrected chi connectivity index (χ4v) is 4.66. The number of carbonyl (C=O) groups excluding carboxylic acids is 1. The summed E-state index contributed by atoms with van der Waals surface area (Å²) in [7, 11) is -1.66. The van der Waals surface area contributed by atoms with Crippen LogP contribution < -0.4 is 15.0 Å². The average molecular weight is 412 g/mol. The van der Waals surface area contributed by atoms with Gasteiger partial charge in [-0.1, -0.05) is 20.8 Å². The number of piperazine rings is 1. The van der Waals surface area contributed by atoms with E-state index in [1.807, 2.05) is 45.0 Å². The van der Waals surface area contributed by atoms with Crippen molar-refractivity contribution < 1.29 is 17.9 Å². The topological polar surface area (TPSA) is 79.0 Å². The molecule has 1 saturated heterocycles. The molecule has 1 aliphatic heterocycles. The molecule has 158 valence electrons. The second kappa shape index (κ2) is 9.60. The Morgan fingerprint density at radius 1 is 1.11 bits per heavy atom. The van der Waals surface area contributed by atoms with E-state index in [1.54, 1.807) is 11.4 Å². The summed E-state index contributed by atoms with van der Waals surface area (Å²) < 4.78 is 31.9. The van der Waals surface area contributed by atoms with Gasteiger partial charge in [-0.25, -0.2) is 8.42 Å². The zero-order valence-corrected chi connectivity index (χ0v) is 18.2. The smallest absolute Gasteiger partial charge is 0.220 e. The highest BCUT2D eigenvalue weighted by Gasteiger charge is 2.26. The van der Waals surface area contributed by atoms with Crippen molar-refractivity contribution in [3.8, 4) is 5.75 Å². The summed E-state index contributed by atoms with van der Waals surface area (Å²) in [6, 6.07) is 7.80. The molecular weight excluding hydrogens is 378 g/mol. The maximum atomic E-state index is 12.6. The molecule has 0 bridgehead atoms. The molecule has 1 aromatic rings. The molecule has 8 heteroatoms. The predicted octanol–water partition coefficient (Wildman–Crippen LogP) is 2.09. The first-order valence-corrected chi connectivity index (χ1v) is 11.4. The number of methoxy groups -OCH3 is 1. The molecule has 2 rings (SSSR count). The SMILES string of the molecule is COc1ccc(N2CCN(S(=O)(=O)CCCNC(=O)CC(C)(C)C)CC2)cc1. The molecular formula is C20H33N3O4S. The van der Waals surface area contributed by atoms with Crippen molar-refractivity contribution in [3.63, 3.8) is 0 Å². The van der Waals surface area contributed by atoms with Crippen molar-refractivity contribution in [2.75, 3.05) is 50.5 Å². The van der Waals surface area contributed by atoms with E-state index in [-0.39, 0.29) is 17.1 Å². The van der Waals surface area contributed by atoms with E-state index in [1.165, 1.54) is 0 Å². The van der Waals surface area contributed by atoms with Crippen LogP contribution in [0.2, 0.25) is 0 Å². The van der Waals surface area contributed by atoms with Crippen molar-refractivity contribution in [2.45, 2.75) is 33.6 Å². The van der Waals surface area contributed by atoms with Crippen LogP contribution in [-0.2, 0) is 14.8 Å². The third kappa shape index (κ3) is 6.98. The van der Waals surface area contributed by atoms with Crippen molar-refractivity contribution in [3.05, 3.63) is 24.3 Å². The number of rotatable bonds is 8. The zero-order chi connectivity index (χ0) is 20.8. The Morgan fingerprint density at radius 2 is 1.71 bits per heavy atom. The highest BCUT2D eigenvalue weighted by molar-refractivity contribution is 7.89. The minimum Gasteiger partial charge on any atom is -0.497 e. The second-order valence-corrected chi connectivity index (χ2v) is 10.4. The Labute approximate surface area is 169 Å². The minimum absolute atomic E-state index is 0.0296. The largest absolute Gasteiger partial charge is 0.497 e. The van der Waals surface area contributed by atoms with Gasteiger partial charge in [0.05, 0.1) is 12.9 Å². The highest BCUT2D eigenvalue weighted by atomic mass is 32.2. The van der Waals surface area contributed by atoms with Crippen molar-refractivity contribution in [1.29, 1.82) is 0 Å². The summed E-state index contributed by atoms with van der Waals surface area (Å²) in [5.74, 6) is 0.836. The van der Waals surface area contributed by atoms with Gasteiger partial charge in [0, 0.05) is 44.8 Å². The molecule has 0 aliphatic carbocycles. The number of hydrogen-bond donors (Lipinski definition) is 1. The summed E-state index contributed by atoms with van der Waals surface area (Å²) in [6.45, 7) is 8.67. The van der Waals surface area contributed by atoms with Gasteiger partial charge in [0.1, 0.15) is 5.75 Å². The highest BCUT2D eigenvalue weighted by Crippen LogP contribution is 2.21. The van der Waals surface area contributed by atoms with E-state index >= 15 is 0 Å². The number of carbonyl (C=O) groups is 1. The summed E-state index contributed by atoms with van der Waals surface area (Å²) >= 11 is 0. The number of hydrogen-bond acceptors (Lipinski definition) is 5. The van der Waals surface area contributed by atoms with Crippen LogP contribution in [0.5, 0.6) is 5.75 Å². The van der Waals surface area contributed by atoms with E-state index in [0.717, 1.165) is 11.4 Å². The van der Waals surface area contributed by atoms with Gasteiger partial charge in [-0.2, -0.15) is 4.31 Å². The number of amides is 1. The number of nitrogens with one attached hydrogen (secondary N) is 1. The Kier molecular flexibility index (Phi) is 7.71. The normalized spacial score (nSPS) is 16.1. The second-order valence-electron chi connectivity index (χ2n) is 8.34. The van der Waals surface area contributed by atoms with E-state index in [0.29, 0.717) is 45.6 Å².